The van der Waals surface area contributed by atoms with E-state index in [1.807, 2.05) is 6.92 Å². The Morgan fingerprint density at radius 2 is 1.33 bits per heavy atom. The first-order chi connectivity index (χ1) is 14.5. The van der Waals surface area contributed by atoms with Crippen LogP contribution in [0.2, 0.25) is 0 Å². The number of rotatable bonds is 20. The molecule has 0 fully saturated rings. The molecule has 0 aromatic rings. The zero-order valence-electron chi connectivity index (χ0n) is 20.5. The van der Waals surface area contributed by atoms with E-state index >= 15 is 0 Å². The van der Waals surface area contributed by atoms with Gasteiger partial charge in [-0.15, -0.1) is 0 Å². The number of allylic oxidation sites excluding steroid dienone is 2. The van der Waals surface area contributed by atoms with Gasteiger partial charge in [-0.3, -0.25) is 0 Å². The van der Waals surface area contributed by atoms with E-state index in [9.17, 15) is 9.90 Å². The number of alkyl carbamates (subject to hydrolysis) is 1. The molecule has 0 bridgehead atoms. The van der Waals surface area contributed by atoms with Crippen LogP contribution in [0.25, 0.3) is 0 Å². The highest BCUT2D eigenvalue weighted by molar-refractivity contribution is 5.67. The number of carbonyl (C=O) groups is 1. The fourth-order valence-corrected chi connectivity index (χ4v) is 3.52. The molecule has 1 amide bonds. The lowest BCUT2D eigenvalue weighted by molar-refractivity contribution is 0.120. The minimum Gasteiger partial charge on any atom is -0.450 e. The van der Waals surface area contributed by atoms with E-state index in [-0.39, 0.29) is 18.6 Å². The summed E-state index contributed by atoms with van der Waals surface area (Å²) in [7, 11) is 0. The van der Waals surface area contributed by atoms with Gasteiger partial charge in [0.05, 0.1) is 19.3 Å². The van der Waals surface area contributed by atoms with Crippen LogP contribution in [-0.2, 0) is 4.74 Å². The van der Waals surface area contributed by atoms with E-state index in [0.717, 1.165) is 12.8 Å². The number of hydrogen-bond acceptors (Lipinski definition) is 3. The Balaban J connectivity index is 3.43. The third kappa shape index (κ3) is 17.8. The molecule has 0 aliphatic rings. The first-order valence-electron chi connectivity index (χ1n) is 12.7. The van der Waals surface area contributed by atoms with Gasteiger partial charge in [-0.25, -0.2) is 4.79 Å². The van der Waals surface area contributed by atoms with Crippen LogP contribution < -0.4 is 5.32 Å². The largest absolute Gasteiger partial charge is 0.450 e. The predicted octanol–water partition coefficient (Wildman–Crippen LogP) is 7.40. The number of carbonyl (C=O) groups excluding carboxylic acids is 1. The molecule has 0 spiro atoms. The van der Waals surface area contributed by atoms with Gasteiger partial charge in [-0.1, -0.05) is 97.6 Å². The second-order valence-corrected chi connectivity index (χ2v) is 9.11. The van der Waals surface area contributed by atoms with Crippen LogP contribution >= 0.6 is 0 Å². The molecule has 0 heterocycles. The van der Waals surface area contributed by atoms with Crippen molar-refractivity contribution in [2.45, 2.75) is 124 Å². The Hall–Kier alpha value is -1.03. The topological polar surface area (TPSA) is 58.6 Å². The minimum atomic E-state index is -0.408. The summed E-state index contributed by atoms with van der Waals surface area (Å²) in [6.45, 7) is 8.89. The smallest absolute Gasteiger partial charge is 0.407 e. The van der Waals surface area contributed by atoms with Crippen molar-refractivity contribution in [2.75, 3.05) is 13.2 Å². The molecule has 0 aliphatic heterocycles. The lowest BCUT2D eigenvalue weighted by Crippen LogP contribution is -2.43. The molecule has 0 saturated carbocycles. The molecular weight excluding hydrogens is 374 g/mol. The van der Waals surface area contributed by atoms with Crippen LogP contribution in [0, 0.1) is 11.8 Å². The average molecular weight is 426 g/mol. The van der Waals surface area contributed by atoms with Gasteiger partial charge < -0.3 is 15.2 Å². The Morgan fingerprint density at radius 1 is 0.833 bits per heavy atom. The zero-order chi connectivity index (χ0) is 22.5. The van der Waals surface area contributed by atoms with E-state index in [1.165, 1.54) is 77.0 Å². The van der Waals surface area contributed by atoms with Crippen molar-refractivity contribution in [3.05, 3.63) is 12.2 Å². The molecule has 0 aliphatic carbocycles. The maximum absolute atomic E-state index is 11.8. The SMILES string of the molecule is CCCCCCCC/C=C\CCCCCCCCOC(=O)N[C@H](CO)[C@H](C)C(C)C. The van der Waals surface area contributed by atoms with Crippen LogP contribution in [0.3, 0.4) is 0 Å². The summed E-state index contributed by atoms with van der Waals surface area (Å²) in [5.74, 6) is 0.617. The van der Waals surface area contributed by atoms with E-state index in [4.69, 9.17) is 4.74 Å². The van der Waals surface area contributed by atoms with Crippen LogP contribution in [0.1, 0.15) is 118 Å². The second-order valence-electron chi connectivity index (χ2n) is 9.11. The highest BCUT2D eigenvalue weighted by Gasteiger charge is 2.21. The summed E-state index contributed by atoms with van der Waals surface area (Å²) in [6.07, 6.45) is 22.1. The normalized spacial score (nSPS) is 13.7. The summed E-state index contributed by atoms with van der Waals surface area (Å²) in [5.41, 5.74) is 0. The van der Waals surface area contributed by atoms with Crippen LogP contribution in [0.15, 0.2) is 12.2 Å². The van der Waals surface area contributed by atoms with E-state index in [0.29, 0.717) is 12.5 Å². The molecule has 30 heavy (non-hydrogen) atoms. The fourth-order valence-electron chi connectivity index (χ4n) is 3.52. The molecule has 4 heteroatoms. The van der Waals surface area contributed by atoms with Crippen LogP contribution in [-0.4, -0.2) is 30.5 Å². The third-order valence-electron chi connectivity index (χ3n) is 6.08. The summed E-state index contributed by atoms with van der Waals surface area (Å²) in [4.78, 5) is 11.8. The van der Waals surface area contributed by atoms with Gasteiger partial charge in [-0.05, 0) is 43.9 Å². The summed E-state index contributed by atoms with van der Waals surface area (Å²) in [6, 6.07) is -0.239. The molecule has 0 unspecified atom stereocenters. The number of nitrogens with one attached hydrogen (secondary N) is 1. The molecule has 2 N–H and O–H groups in total. The lowest BCUT2D eigenvalue weighted by Gasteiger charge is -2.25. The van der Waals surface area contributed by atoms with Crippen molar-refractivity contribution >= 4 is 6.09 Å². The van der Waals surface area contributed by atoms with E-state index in [1.54, 1.807) is 0 Å². The third-order valence-corrected chi connectivity index (χ3v) is 6.08. The van der Waals surface area contributed by atoms with Gasteiger partial charge in [0.15, 0.2) is 0 Å². The number of hydrogen-bond donors (Lipinski definition) is 2. The molecule has 0 rings (SSSR count). The van der Waals surface area contributed by atoms with Gasteiger partial charge in [0.25, 0.3) is 0 Å². The maximum atomic E-state index is 11.8. The van der Waals surface area contributed by atoms with Crippen LogP contribution in [0.4, 0.5) is 4.79 Å². The van der Waals surface area contributed by atoms with Gasteiger partial charge in [0, 0.05) is 0 Å². The Morgan fingerprint density at radius 3 is 1.83 bits per heavy atom. The minimum absolute atomic E-state index is 0.0529. The standard InChI is InChI=1S/C26H51NO3/c1-5-6-7-8-9-10-11-12-13-14-15-16-17-18-19-20-21-30-26(29)27-25(22-28)24(4)23(2)3/h12-13,23-25,28H,5-11,14-22H2,1-4H3,(H,27,29)/b13-12-/t24-,25-/m1/s1. The van der Waals surface area contributed by atoms with Crippen molar-refractivity contribution in [1.29, 1.82) is 0 Å². The Bertz CT molecular complexity index is 409. The van der Waals surface area contributed by atoms with E-state index in [2.05, 4.69) is 38.2 Å². The summed E-state index contributed by atoms with van der Waals surface area (Å²) < 4.78 is 5.25. The van der Waals surface area contributed by atoms with Gasteiger partial charge in [-0.2, -0.15) is 0 Å². The zero-order valence-corrected chi connectivity index (χ0v) is 20.5. The molecule has 0 radical (unpaired) electrons. The number of ether oxygens (including phenoxy) is 1. The highest BCUT2D eigenvalue weighted by Crippen LogP contribution is 2.14. The Labute approximate surface area is 187 Å². The maximum Gasteiger partial charge on any atom is 0.407 e. The van der Waals surface area contributed by atoms with Gasteiger partial charge >= 0.3 is 6.09 Å². The molecular formula is C26H51NO3. The number of aliphatic hydroxyl groups excluding tert-OH is 1. The van der Waals surface area contributed by atoms with E-state index < -0.39 is 6.09 Å². The first-order valence-corrected chi connectivity index (χ1v) is 12.7. The first kappa shape index (κ1) is 29.0. The van der Waals surface area contributed by atoms with Crippen molar-refractivity contribution in [2.24, 2.45) is 11.8 Å². The van der Waals surface area contributed by atoms with Gasteiger partial charge in [0.1, 0.15) is 0 Å². The monoisotopic (exact) mass is 425 g/mol. The molecule has 2 atom stereocenters. The van der Waals surface area contributed by atoms with Crippen molar-refractivity contribution in [3.63, 3.8) is 0 Å². The summed E-state index contributed by atoms with van der Waals surface area (Å²) in [5, 5.41) is 12.2. The second kappa shape index (κ2) is 21.2. The van der Waals surface area contributed by atoms with Crippen LogP contribution in [0.5, 0.6) is 0 Å². The fraction of sp³-hybridized carbons (Fsp3) is 0.885. The van der Waals surface area contributed by atoms with Crippen molar-refractivity contribution < 1.29 is 14.6 Å². The molecule has 0 aromatic heterocycles. The molecule has 0 aromatic carbocycles. The number of amides is 1. The van der Waals surface area contributed by atoms with Gasteiger partial charge in [0.2, 0.25) is 0 Å². The molecule has 0 saturated heterocycles. The Kier molecular flexibility index (Phi) is 20.5. The summed E-state index contributed by atoms with van der Waals surface area (Å²) >= 11 is 0. The van der Waals surface area contributed by atoms with Crippen molar-refractivity contribution in [3.8, 4) is 0 Å². The highest BCUT2D eigenvalue weighted by atomic mass is 16.5. The average Bonchev–Trinajstić information content (AvgIpc) is 2.73. The quantitative estimate of drug-likeness (QED) is 0.158. The lowest BCUT2D eigenvalue weighted by atomic mass is 9.91. The molecule has 4 nitrogen and oxygen atoms in total. The predicted molar refractivity (Wildman–Crippen MR) is 129 cm³/mol. The number of unbranched alkanes of at least 4 members (excludes halogenated alkanes) is 12. The molecule has 178 valence electrons. The number of aliphatic hydroxyl groups is 1. The van der Waals surface area contributed by atoms with Crippen molar-refractivity contribution in [1.82, 2.24) is 5.32 Å².